The van der Waals surface area contributed by atoms with Crippen molar-refractivity contribution in [3.63, 3.8) is 0 Å². The van der Waals surface area contributed by atoms with Gasteiger partial charge in [-0.2, -0.15) is 0 Å². The van der Waals surface area contributed by atoms with Gasteiger partial charge in [0.15, 0.2) is 0 Å². The fourth-order valence-corrected chi connectivity index (χ4v) is 4.47. The van der Waals surface area contributed by atoms with Crippen LogP contribution in [0.15, 0.2) is 29.2 Å². The van der Waals surface area contributed by atoms with Gasteiger partial charge in [-0.1, -0.05) is 19.9 Å². The Hall–Kier alpha value is -0.740. The smallest absolute Gasteiger partial charge is 0.124 e. The van der Waals surface area contributed by atoms with E-state index in [1.165, 1.54) is 12.1 Å². The van der Waals surface area contributed by atoms with Crippen molar-refractivity contribution in [2.24, 2.45) is 17.6 Å². The maximum atomic E-state index is 13.2. The number of rotatable bonds is 3. The number of hydrogen-bond acceptors (Lipinski definition) is 2. The van der Waals surface area contributed by atoms with Crippen molar-refractivity contribution in [1.29, 1.82) is 0 Å². The van der Waals surface area contributed by atoms with E-state index < -0.39 is 10.8 Å². The van der Waals surface area contributed by atoms with Gasteiger partial charge in [0.1, 0.15) is 5.82 Å². The fourth-order valence-electron chi connectivity index (χ4n) is 2.80. The van der Waals surface area contributed by atoms with E-state index in [0.29, 0.717) is 16.7 Å². The summed E-state index contributed by atoms with van der Waals surface area (Å²) < 4.78 is 25.8. The number of benzene rings is 1. The minimum atomic E-state index is -1.21. The third-order valence-electron chi connectivity index (χ3n) is 4.13. The van der Waals surface area contributed by atoms with Crippen LogP contribution in [0.4, 0.5) is 4.39 Å². The third kappa shape index (κ3) is 3.42. The summed E-state index contributed by atoms with van der Waals surface area (Å²) in [6.45, 7) is 4.40. The van der Waals surface area contributed by atoms with E-state index in [-0.39, 0.29) is 17.1 Å². The molecule has 0 aromatic heterocycles. The minimum Gasteiger partial charge on any atom is -0.327 e. The Kier molecular flexibility index (Phi) is 4.74. The summed E-state index contributed by atoms with van der Waals surface area (Å²) in [6, 6.07) is 6.03. The molecular formula is C15H22FNOS. The zero-order valence-corrected chi connectivity index (χ0v) is 12.3. The molecule has 1 aromatic carbocycles. The predicted molar refractivity (Wildman–Crippen MR) is 76.8 cm³/mol. The van der Waals surface area contributed by atoms with Gasteiger partial charge >= 0.3 is 0 Å². The summed E-state index contributed by atoms with van der Waals surface area (Å²) in [6.07, 6.45) is 2.90. The maximum absolute atomic E-state index is 13.2. The second kappa shape index (κ2) is 6.14. The highest BCUT2D eigenvalue weighted by Crippen LogP contribution is 2.33. The van der Waals surface area contributed by atoms with Crippen molar-refractivity contribution in [2.45, 2.75) is 49.3 Å². The van der Waals surface area contributed by atoms with Gasteiger partial charge in [-0.15, -0.1) is 0 Å². The summed E-state index contributed by atoms with van der Waals surface area (Å²) in [5.41, 5.74) is 6.13. The number of nitrogens with two attached hydrogens (primary N) is 1. The molecular weight excluding hydrogens is 261 g/mol. The lowest BCUT2D eigenvalue weighted by atomic mass is 9.79. The Labute approximate surface area is 117 Å². The second-order valence-corrected chi connectivity index (χ2v) is 7.45. The van der Waals surface area contributed by atoms with Gasteiger partial charge in [-0.25, -0.2) is 4.39 Å². The lowest BCUT2D eigenvalue weighted by Crippen LogP contribution is -2.43. The molecule has 4 unspecified atom stereocenters. The van der Waals surface area contributed by atoms with E-state index in [9.17, 15) is 8.60 Å². The summed E-state index contributed by atoms with van der Waals surface area (Å²) in [7, 11) is -1.21. The van der Waals surface area contributed by atoms with Crippen molar-refractivity contribution in [1.82, 2.24) is 0 Å². The Morgan fingerprint density at radius 3 is 2.74 bits per heavy atom. The molecule has 4 heteroatoms. The third-order valence-corrected chi connectivity index (χ3v) is 5.94. The first kappa shape index (κ1) is 14.7. The van der Waals surface area contributed by atoms with Crippen molar-refractivity contribution >= 4 is 10.8 Å². The number of hydrogen-bond donors (Lipinski definition) is 1. The molecule has 19 heavy (non-hydrogen) atoms. The molecule has 1 aromatic rings. The average molecular weight is 283 g/mol. The monoisotopic (exact) mass is 283 g/mol. The van der Waals surface area contributed by atoms with E-state index in [1.54, 1.807) is 12.1 Å². The van der Waals surface area contributed by atoms with E-state index >= 15 is 0 Å². The molecule has 1 fully saturated rings. The molecule has 106 valence electrons. The van der Waals surface area contributed by atoms with Crippen LogP contribution in [-0.4, -0.2) is 15.5 Å². The molecule has 0 saturated heterocycles. The van der Waals surface area contributed by atoms with Crippen molar-refractivity contribution in [3.8, 4) is 0 Å². The molecule has 1 saturated carbocycles. The lowest BCUT2D eigenvalue weighted by Gasteiger charge is -2.35. The Bertz CT molecular complexity index is 463. The van der Waals surface area contributed by atoms with E-state index in [1.807, 2.05) is 0 Å². The van der Waals surface area contributed by atoms with Gasteiger partial charge in [-0.05, 0) is 49.3 Å². The predicted octanol–water partition coefficient (Wildman–Crippen LogP) is 3.09. The standard InChI is InChI=1S/C15H22FNOS/c1-10(2)11-6-7-14(17)15(8-11)19(18)13-5-3-4-12(16)9-13/h3-5,9-11,14-15H,6-8,17H2,1-2H3. The SMILES string of the molecule is CC(C)C1CCC(N)C(S(=O)c2cccc(F)c2)C1. The highest BCUT2D eigenvalue weighted by Gasteiger charge is 2.34. The molecule has 0 heterocycles. The van der Waals surface area contributed by atoms with Crippen LogP contribution in [0.3, 0.4) is 0 Å². The quantitative estimate of drug-likeness (QED) is 0.926. The van der Waals surface area contributed by atoms with Crippen molar-refractivity contribution < 1.29 is 8.60 Å². The molecule has 2 rings (SSSR count). The van der Waals surface area contributed by atoms with E-state index in [4.69, 9.17) is 5.73 Å². The van der Waals surface area contributed by atoms with E-state index in [2.05, 4.69) is 13.8 Å². The molecule has 2 N–H and O–H groups in total. The first-order valence-electron chi connectivity index (χ1n) is 6.90. The molecule has 4 atom stereocenters. The molecule has 0 radical (unpaired) electrons. The molecule has 0 bridgehead atoms. The number of halogens is 1. The van der Waals surface area contributed by atoms with Crippen LogP contribution in [0.5, 0.6) is 0 Å². The Balaban J connectivity index is 2.17. The zero-order chi connectivity index (χ0) is 14.0. The summed E-state index contributed by atoms with van der Waals surface area (Å²) in [5.74, 6) is 0.817. The first-order valence-corrected chi connectivity index (χ1v) is 8.12. The Morgan fingerprint density at radius 1 is 1.37 bits per heavy atom. The van der Waals surface area contributed by atoms with Crippen molar-refractivity contribution in [3.05, 3.63) is 30.1 Å². The maximum Gasteiger partial charge on any atom is 0.124 e. The summed E-state index contributed by atoms with van der Waals surface area (Å²) in [5, 5.41) is -0.0528. The van der Waals surface area contributed by atoms with Gasteiger partial charge in [0.2, 0.25) is 0 Å². The Morgan fingerprint density at radius 2 is 2.11 bits per heavy atom. The molecule has 0 spiro atoms. The van der Waals surface area contributed by atoms with Crippen LogP contribution < -0.4 is 5.73 Å². The average Bonchev–Trinajstić information content (AvgIpc) is 2.38. The van der Waals surface area contributed by atoms with Gasteiger partial charge in [0, 0.05) is 10.9 Å². The minimum absolute atomic E-state index is 0.0425. The van der Waals surface area contributed by atoms with Gasteiger partial charge in [0.05, 0.1) is 16.0 Å². The normalized spacial score (nSPS) is 29.4. The van der Waals surface area contributed by atoms with Crippen molar-refractivity contribution in [2.75, 3.05) is 0 Å². The molecule has 1 aliphatic carbocycles. The second-order valence-electron chi connectivity index (χ2n) is 5.77. The highest BCUT2D eigenvalue weighted by molar-refractivity contribution is 7.85. The summed E-state index contributed by atoms with van der Waals surface area (Å²) >= 11 is 0. The van der Waals surface area contributed by atoms with Crippen LogP contribution in [0, 0.1) is 17.7 Å². The molecule has 1 aliphatic rings. The molecule has 0 amide bonds. The van der Waals surface area contributed by atoms with Crippen LogP contribution >= 0.6 is 0 Å². The zero-order valence-electron chi connectivity index (χ0n) is 11.5. The van der Waals surface area contributed by atoms with Gasteiger partial charge < -0.3 is 5.73 Å². The largest absolute Gasteiger partial charge is 0.327 e. The topological polar surface area (TPSA) is 43.1 Å². The van der Waals surface area contributed by atoms with Crippen LogP contribution in [0.2, 0.25) is 0 Å². The van der Waals surface area contributed by atoms with Crippen LogP contribution in [-0.2, 0) is 10.8 Å². The molecule has 0 aliphatic heterocycles. The van der Waals surface area contributed by atoms with Crippen LogP contribution in [0.1, 0.15) is 33.1 Å². The molecule has 2 nitrogen and oxygen atoms in total. The van der Waals surface area contributed by atoms with Crippen LogP contribution in [0.25, 0.3) is 0 Å². The summed E-state index contributed by atoms with van der Waals surface area (Å²) in [4.78, 5) is 0.560. The lowest BCUT2D eigenvalue weighted by molar-refractivity contribution is 0.264. The van der Waals surface area contributed by atoms with E-state index in [0.717, 1.165) is 19.3 Å². The van der Waals surface area contributed by atoms with Gasteiger partial charge in [-0.3, -0.25) is 4.21 Å². The van der Waals surface area contributed by atoms with Gasteiger partial charge in [0.25, 0.3) is 0 Å². The first-order chi connectivity index (χ1) is 8.99. The fraction of sp³-hybridized carbons (Fsp3) is 0.600. The highest BCUT2D eigenvalue weighted by atomic mass is 32.2.